The molecule has 0 aromatic rings. The first-order chi connectivity index (χ1) is 8.52. The molecular formula is C14H30N2O2. The minimum Gasteiger partial charge on any atom is -0.389 e. The van der Waals surface area contributed by atoms with Crippen molar-refractivity contribution in [2.75, 3.05) is 39.8 Å². The summed E-state index contributed by atoms with van der Waals surface area (Å²) in [5, 5.41) is 9.92. The maximum Gasteiger partial charge on any atom is 0.0900 e. The van der Waals surface area contributed by atoms with Gasteiger partial charge in [0.1, 0.15) is 0 Å². The lowest BCUT2D eigenvalue weighted by molar-refractivity contribution is -0.0139. The number of aliphatic hydroxyl groups excluding tert-OH is 1. The van der Waals surface area contributed by atoms with Gasteiger partial charge in [-0.15, -0.1) is 0 Å². The predicted octanol–water partition coefficient (Wildman–Crippen LogP) is 1.19. The van der Waals surface area contributed by atoms with Gasteiger partial charge in [0.2, 0.25) is 0 Å². The maximum atomic E-state index is 9.92. The van der Waals surface area contributed by atoms with Crippen molar-refractivity contribution in [1.29, 1.82) is 0 Å². The fourth-order valence-corrected chi connectivity index (χ4v) is 2.51. The second-order valence-electron chi connectivity index (χ2n) is 5.64. The molecule has 1 N–H and O–H groups in total. The number of hydrogen-bond acceptors (Lipinski definition) is 4. The third-order valence-electron chi connectivity index (χ3n) is 3.75. The topological polar surface area (TPSA) is 35.9 Å². The Kier molecular flexibility index (Phi) is 7.15. The van der Waals surface area contributed by atoms with Gasteiger partial charge in [0.25, 0.3) is 0 Å². The molecule has 0 aliphatic carbocycles. The molecule has 1 rings (SSSR count). The van der Waals surface area contributed by atoms with Crippen LogP contribution in [0.15, 0.2) is 0 Å². The van der Waals surface area contributed by atoms with E-state index in [0.717, 1.165) is 6.54 Å². The van der Waals surface area contributed by atoms with E-state index in [0.29, 0.717) is 19.2 Å². The summed E-state index contributed by atoms with van der Waals surface area (Å²) in [5.74, 6) is 0. The van der Waals surface area contributed by atoms with Crippen molar-refractivity contribution in [1.82, 2.24) is 9.80 Å². The van der Waals surface area contributed by atoms with Crippen LogP contribution >= 0.6 is 0 Å². The summed E-state index contributed by atoms with van der Waals surface area (Å²) >= 11 is 0. The van der Waals surface area contributed by atoms with Crippen molar-refractivity contribution in [3.05, 3.63) is 0 Å². The highest BCUT2D eigenvalue weighted by molar-refractivity contribution is 4.79. The van der Waals surface area contributed by atoms with Gasteiger partial charge in [0.15, 0.2) is 0 Å². The van der Waals surface area contributed by atoms with Gasteiger partial charge in [-0.1, -0.05) is 6.92 Å². The minimum atomic E-state index is -0.374. The summed E-state index contributed by atoms with van der Waals surface area (Å²) in [5.41, 5.74) is 0. The number of ether oxygens (including phenoxy) is 1. The van der Waals surface area contributed by atoms with Crippen molar-refractivity contribution in [2.45, 2.75) is 51.9 Å². The monoisotopic (exact) mass is 258 g/mol. The molecule has 1 aliphatic heterocycles. The van der Waals surface area contributed by atoms with E-state index in [-0.39, 0.29) is 12.2 Å². The van der Waals surface area contributed by atoms with Crippen LogP contribution in [-0.4, -0.2) is 73.0 Å². The van der Waals surface area contributed by atoms with Crippen LogP contribution in [-0.2, 0) is 4.74 Å². The van der Waals surface area contributed by atoms with Gasteiger partial charge >= 0.3 is 0 Å². The van der Waals surface area contributed by atoms with E-state index in [1.54, 1.807) is 0 Å². The molecule has 1 saturated heterocycles. The molecular weight excluding hydrogens is 228 g/mol. The van der Waals surface area contributed by atoms with Gasteiger partial charge in [0, 0.05) is 12.6 Å². The minimum absolute atomic E-state index is 0.192. The Morgan fingerprint density at radius 1 is 1.33 bits per heavy atom. The van der Waals surface area contributed by atoms with Crippen molar-refractivity contribution in [3.63, 3.8) is 0 Å². The lowest BCUT2D eigenvalue weighted by Gasteiger charge is -2.37. The first-order valence-electron chi connectivity index (χ1n) is 7.25. The molecule has 0 aromatic carbocycles. The van der Waals surface area contributed by atoms with Crippen molar-refractivity contribution in [3.8, 4) is 0 Å². The van der Waals surface area contributed by atoms with Crippen molar-refractivity contribution in [2.24, 2.45) is 0 Å². The first-order valence-corrected chi connectivity index (χ1v) is 7.25. The third-order valence-corrected chi connectivity index (χ3v) is 3.75. The molecule has 1 fully saturated rings. The molecule has 0 bridgehead atoms. The SMILES string of the molecule is CCN1CCC(N(C)CC(O)COC(C)C)CC1. The fourth-order valence-electron chi connectivity index (χ4n) is 2.51. The van der Waals surface area contributed by atoms with Crippen LogP contribution in [0.2, 0.25) is 0 Å². The average Bonchev–Trinajstić information content (AvgIpc) is 2.36. The average molecular weight is 258 g/mol. The van der Waals surface area contributed by atoms with E-state index < -0.39 is 0 Å². The quantitative estimate of drug-likeness (QED) is 0.744. The number of nitrogens with zero attached hydrogens (tertiary/aromatic N) is 2. The van der Waals surface area contributed by atoms with E-state index in [2.05, 4.69) is 23.8 Å². The molecule has 1 aliphatic rings. The highest BCUT2D eigenvalue weighted by Crippen LogP contribution is 2.15. The number of rotatable bonds is 7. The van der Waals surface area contributed by atoms with Gasteiger partial charge in [-0.2, -0.15) is 0 Å². The van der Waals surface area contributed by atoms with Crippen molar-refractivity contribution < 1.29 is 9.84 Å². The van der Waals surface area contributed by atoms with Crippen LogP contribution in [0.25, 0.3) is 0 Å². The molecule has 0 saturated carbocycles. The molecule has 0 radical (unpaired) electrons. The molecule has 0 spiro atoms. The van der Waals surface area contributed by atoms with Gasteiger partial charge in [-0.05, 0) is 53.4 Å². The normalized spacial score (nSPS) is 20.8. The Balaban J connectivity index is 2.22. The molecule has 4 heteroatoms. The number of aliphatic hydroxyl groups is 1. The Bertz CT molecular complexity index is 216. The first kappa shape index (κ1) is 15.9. The standard InChI is InChI=1S/C14H30N2O2/c1-5-16-8-6-13(7-9-16)15(4)10-14(17)11-18-12(2)3/h12-14,17H,5-11H2,1-4H3. The zero-order chi connectivity index (χ0) is 13.5. The van der Waals surface area contributed by atoms with Gasteiger partial charge in [0.05, 0.1) is 18.8 Å². The molecule has 4 nitrogen and oxygen atoms in total. The van der Waals surface area contributed by atoms with Gasteiger partial charge < -0.3 is 19.6 Å². The summed E-state index contributed by atoms with van der Waals surface area (Å²) in [6.07, 6.45) is 2.24. The van der Waals surface area contributed by atoms with Crippen LogP contribution in [0, 0.1) is 0 Å². The van der Waals surface area contributed by atoms with E-state index in [1.165, 1.54) is 25.9 Å². The Morgan fingerprint density at radius 2 is 1.94 bits per heavy atom. The lowest BCUT2D eigenvalue weighted by Crippen LogP contribution is -2.46. The largest absolute Gasteiger partial charge is 0.389 e. The highest BCUT2D eigenvalue weighted by atomic mass is 16.5. The van der Waals surface area contributed by atoms with Gasteiger partial charge in [-0.3, -0.25) is 0 Å². The Labute approximate surface area is 112 Å². The summed E-state index contributed by atoms with van der Waals surface area (Å²) < 4.78 is 5.44. The zero-order valence-electron chi connectivity index (χ0n) is 12.4. The van der Waals surface area contributed by atoms with E-state index in [4.69, 9.17) is 4.74 Å². The zero-order valence-corrected chi connectivity index (χ0v) is 12.4. The summed E-state index contributed by atoms with van der Waals surface area (Å²) in [7, 11) is 2.12. The molecule has 1 heterocycles. The second kappa shape index (κ2) is 8.10. The summed E-state index contributed by atoms with van der Waals surface area (Å²) in [4.78, 5) is 4.78. The fraction of sp³-hybridized carbons (Fsp3) is 1.00. The smallest absolute Gasteiger partial charge is 0.0900 e. The van der Waals surface area contributed by atoms with E-state index in [1.807, 2.05) is 13.8 Å². The van der Waals surface area contributed by atoms with E-state index >= 15 is 0 Å². The second-order valence-corrected chi connectivity index (χ2v) is 5.64. The van der Waals surface area contributed by atoms with E-state index in [9.17, 15) is 5.11 Å². The predicted molar refractivity (Wildman–Crippen MR) is 74.9 cm³/mol. The third kappa shape index (κ3) is 5.65. The number of hydrogen-bond donors (Lipinski definition) is 1. The Morgan fingerprint density at radius 3 is 2.44 bits per heavy atom. The highest BCUT2D eigenvalue weighted by Gasteiger charge is 2.22. The molecule has 1 atom stereocenters. The molecule has 0 amide bonds. The number of likely N-dealkylation sites (N-methyl/N-ethyl adjacent to an activating group) is 1. The molecule has 0 aromatic heterocycles. The lowest BCUT2D eigenvalue weighted by atomic mass is 10.0. The number of piperidine rings is 1. The maximum absolute atomic E-state index is 9.92. The van der Waals surface area contributed by atoms with Crippen LogP contribution in [0.1, 0.15) is 33.6 Å². The van der Waals surface area contributed by atoms with Crippen LogP contribution in [0.4, 0.5) is 0 Å². The molecule has 1 unspecified atom stereocenters. The molecule has 108 valence electrons. The number of likely N-dealkylation sites (tertiary alicyclic amines) is 1. The Hall–Kier alpha value is -0.160. The summed E-state index contributed by atoms with van der Waals surface area (Å²) in [6, 6.07) is 0.612. The van der Waals surface area contributed by atoms with Crippen LogP contribution in [0.3, 0.4) is 0 Å². The van der Waals surface area contributed by atoms with Crippen LogP contribution in [0.5, 0.6) is 0 Å². The summed E-state index contributed by atoms with van der Waals surface area (Å²) in [6.45, 7) is 10.9. The van der Waals surface area contributed by atoms with Crippen LogP contribution < -0.4 is 0 Å². The van der Waals surface area contributed by atoms with Crippen molar-refractivity contribution >= 4 is 0 Å². The molecule has 18 heavy (non-hydrogen) atoms. The van der Waals surface area contributed by atoms with Gasteiger partial charge in [-0.25, -0.2) is 0 Å².